The van der Waals surface area contributed by atoms with Crippen molar-refractivity contribution in [2.75, 3.05) is 31.8 Å². The summed E-state index contributed by atoms with van der Waals surface area (Å²) >= 11 is 0. The number of anilines is 2. The van der Waals surface area contributed by atoms with Crippen LogP contribution in [0.1, 0.15) is 5.56 Å². The van der Waals surface area contributed by atoms with E-state index in [1.54, 1.807) is 12.3 Å². The van der Waals surface area contributed by atoms with E-state index in [2.05, 4.69) is 32.0 Å². The highest BCUT2D eigenvalue weighted by molar-refractivity contribution is 5.95. The molecule has 2 aromatic heterocycles. The van der Waals surface area contributed by atoms with Crippen molar-refractivity contribution in [1.82, 2.24) is 15.0 Å². The van der Waals surface area contributed by atoms with Crippen LogP contribution in [-0.4, -0.2) is 60.4 Å². The molecule has 0 aliphatic carbocycles. The third kappa shape index (κ3) is 4.22. The van der Waals surface area contributed by atoms with Gasteiger partial charge in [0.05, 0.1) is 31.0 Å². The van der Waals surface area contributed by atoms with Crippen molar-refractivity contribution in [2.24, 2.45) is 4.99 Å². The molecule has 3 heterocycles. The average Bonchev–Trinajstić information content (AvgIpc) is 3.20. The van der Waals surface area contributed by atoms with Crippen molar-refractivity contribution in [1.29, 1.82) is 0 Å². The van der Waals surface area contributed by atoms with Gasteiger partial charge in [0.1, 0.15) is 30.6 Å². The first kappa shape index (κ1) is 20.1. The molecule has 2 unspecified atom stereocenters. The van der Waals surface area contributed by atoms with Crippen molar-refractivity contribution >= 4 is 34.8 Å². The van der Waals surface area contributed by atoms with Gasteiger partial charge in [-0.3, -0.25) is 4.99 Å². The van der Waals surface area contributed by atoms with Crippen molar-refractivity contribution < 1.29 is 18.6 Å². The first-order valence-corrected chi connectivity index (χ1v) is 9.55. The van der Waals surface area contributed by atoms with Gasteiger partial charge in [-0.1, -0.05) is 0 Å². The Morgan fingerprint density at radius 2 is 2.13 bits per heavy atom. The number of pyridine rings is 1. The van der Waals surface area contributed by atoms with Gasteiger partial charge in [0.15, 0.2) is 6.10 Å². The van der Waals surface area contributed by atoms with E-state index in [0.717, 1.165) is 22.2 Å². The van der Waals surface area contributed by atoms with Crippen molar-refractivity contribution in [3.05, 3.63) is 42.4 Å². The van der Waals surface area contributed by atoms with Gasteiger partial charge in [0, 0.05) is 11.6 Å². The highest BCUT2D eigenvalue weighted by atomic mass is 19.1. The lowest BCUT2D eigenvalue weighted by atomic mass is 10.1. The number of halogens is 1. The second-order valence-corrected chi connectivity index (χ2v) is 6.81. The molecule has 1 aliphatic heterocycles. The van der Waals surface area contributed by atoms with Crippen LogP contribution >= 0.6 is 0 Å². The average molecular weight is 411 g/mol. The SMILES string of the molecule is C=Nc1cc(C)c2c(Nc3cccnc3OC3COCC3OCCF)ncnc2c1. The molecule has 1 saturated heterocycles. The minimum Gasteiger partial charge on any atom is -0.468 e. The minimum absolute atomic E-state index is 0.00890. The summed E-state index contributed by atoms with van der Waals surface area (Å²) in [6, 6.07) is 7.42. The van der Waals surface area contributed by atoms with E-state index in [-0.39, 0.29) is 18.8 Å². The number of fused-ring (bicyclic) bond motifs is 1. The Morgan fingerprint density at radius 1 is 1.27 bits per heavy atom. The number of aryl methyl sites for hydroxylation is 1. The fourth-order valence-corrected chi connectivity index (χ4v) is 3.39. The Hall–Kier alpha value is -3.17. The Balaban J connectivity index is 1.62. The lowest BCUT2D eigenvalue weighted by Gasteiger charge is -2.20. The van der Waals surface area contributed by atoms with Crippen LogP contribution in [0.5, 0.6) is 5.88 Å². The molecule has 0 saturated carbocycles. The van der Waals surface area contributed by atoms with E-state index in [1.165, 1.54) is 6.33 Å². The number of aliphatic imine (C=N–C) groups is 1. The topological polar surface area (TPSA) is 90.8 Å². The number of rotatable bonds is 8. The second kappa shape index (κ2) is 9.10. The number of benzene rings is 1. The van der Waals surface area contributed by atoms with Gasteiger partial charge in [0.25, 0.3) is 0 Å². The third-order valence-corrected chi connectivity index (χ3v) is 4.78. The third-order valence-electron chi connectivity index (χ3n) is 4.78. The van der Waals surface area contributed by atoms with Gasteiger partial charge in [-0.2, -0.15) is 0 Å². The van der Waals surface area contributed by atoms with Crippen LogP contribution in [-0.2, 0) is 9.47 Å². The highest BCUT2D eigenvalue weighted by Crippen LogP contribution is 2.32. The predicted molar refractivity (Wildman–Crippen MR) is 112 cm³/mol. The normalized spacial score (nSPS) is 18.5. The van der Waals surface area contributed by atoms with E-state index in [9.17, 15) is 4.39 Å². The smallest absolute Gasteiger partial charge is 0.238 e. The predicted octanol–water partition coefficient (Wildman–Crippen LogP) is 3.54. The Labute approximate surface area is 173 Å². The van der Waals surface area contributed by atoms with E-state index >= 15 is 0 Å². The molecule has 1 aromatic carbocycles. The van der Waals surface area contributed by atoms with Gasteiger partial charge < -0.3 is 19.5 Å². The number of hydrogen-bond donors (Lipinski definition) is 1. The van der Waals surface area contributed by atoms with Gasteiger partial charge in [-0.15, -0.1) is 0 Å². The molecule has 1 fully saturated rings. The first-order chi connectivity index (χ1) is 14.7. The zero-order valence-corrected chi connectivity index (χ0v) is 16.5. The summed E-state index contributed by atoms with van der Waals surface area (Å²) in [5.41, 5.74) is 3.10. The molecule has 0 spiro atoms. The number of hydrogen-bond acceptors (Lipinski definition) is 8. The summed E-state index contributed by atoms with van der Waals surface area (Å²) in [6.07, 6.45) is 2.40. The Bertz CT molecular complexity index is 1050. The first-order valence-electron chi connectivity index (χ1n) is 9.55. The van der Waals surface area contributed by atoms with Crippen molar-refractivity contribution in [3.8, 4) is 5.88 Å². The van der Waals surface area contributed by atoms with Crippen LogP contribution < -0.4 is 10.1 Å². The Kier molecular flexibility index (Phi) is 6.10. The molecule has 0 radical (unpaired) electrons. The fourth-order valence-electron chi connectivity index (χ4n) is 3.39. The molecular formula is C21H22FN5O3. The molecular weight excluding hydrogens is 389 g/mol. The summed E-state index contributed by atoms with van der Waals surface area (Å²) in [4.78, 5) is 17.1. The minimum atomic E-state index is -0.553. The summed E-state index contributed by atoms with van der Waals surface area (Å²) in [7, 11) is 0. The maximum Gasteiger partial charge on any atom is 0.238 e. The van der Waals surface area contributed by atoms with Crippen LogP contribution in [0, 0.1) is 6.92 Å². The monoisotopic (exact) mass is 411 g/mol. The van der Waals surface area contributed by atoms with Gasteiger partial charge in [0.2, 0.25) is 5.88 Å². The van der Waals surface area contributed by atoms with Crippen LogP contribution in [0.25, 0.3) is 10.9 Å². The zero-order chi connectivity index (χ0) is 20.9. The number of alkyl halides is 1. The molecule has 8 nitrogen and oxygen atoms in total. The van der Waals surface area contributed by atoms with Crippen LogP contribution in [0.4, 0.5) is 21.6 Å². The molecule has 0 bridgehead atoms. The lowest BCUT2D eigenvalue weighted by Crippen LogP contribution is -2.33. The lowest BCUT2D eigenvalue weighted by molar-refractivity contribution is -0.00636. The molecule has 9 heteroatoms. The molecule has 30 heavy (non-hydrogen) atoms. The van der Waals surface area contributed by atoms with Crippen LogP contribution in [0.2, 0.25) is 0 Å². The highest BCUT2D eigenvalue weighted by Gasteiger charge is 2.32. The van der Waals surface area contributed by atoms with Crippen molar-refractivity contribution in [2.45, 2.75) is 19.1 Å². The number of ether oxygens (including phenoxy) is 3. The number of nitrogens with one attached hydrogen (secondary N) is 1. The van der Waals surface area contributed by atoms with Crippen molar-refractivity contribution in [3.63, 3.8) is 0 Å². The molecule has 4 rings (SSSR count). The molecule has 3 aromatic rings. The maximum atomic E-state index is 12.5. The molecule has 1 aliphatic rings. The van der Waals surface area contributed by atoms with E-state index in [0.29, 0.717) is 30.6 Å². The van der Waals surface area contributed by atoms with Gasteiger partial charge in [-0.25, -0.2) is 19.3 Å². The van der Waals surface area contributed by atoms with Gasteiger partial charge in [-0.05, 0) is 43.5 Å². The molecule has 1 N–H and O–H groups in total. The second-order valence-electron chi connectivity index (χ2n) is 6.81. The standard InChI is InChI=1S/C21H22FN5O3/c1-13-8-14(23-2)9-16-19(13)20(26-12-25-16)27-15-4-3-6-24-21(15)30-18-11-28-10-17(18)29-7-5-22/h3-4,6,8-9,12,17-18H,2,5,7,10-11H2,1H3,(H,25,26,27). The maximum absolute atomic E-state index is 12.5. The summed E-state index contributed by atoms with van der Waals surface area (Å²) < 4.78 is 29.4. The Morgan fingerprint density at radius 3 is 2.97 bits per heavy atom. The quantitative estimate of drug-likeness (QED) is 0.567. The van der Waals surface area contributed by atoms with Crippen LogP contribution in [0.15, 0.2) is 41.8 Å². The molecule has 156 valence electrons. The fraction of sp³-hybridized carbons (Fsp3) is 0.333. The van der Waals surface area contributed by atoms with E-state index < -0.39 is 6.67 Å². The number of aromatic nitrogens is 3. The molecule has 2 atom stereocenters. The largest absolute Gasteiger partial charge is 0.468 e. The zero-order valence-electron chi connectivity index (χ0n) is 16.5. The van der Waals surface area contributed by atoms with Gasteiger partial charge >= 0.3 is 0 Å². The van der Waals surface area contributed by atoms with E-state index in [4.69, 9.17) is 14.2 Å². The summed E-state index contributed by atoms with van der Waals surface area (Å²) in [5.74, 6) is 1.01. The van der Waals surface area contributed by atoms with Crippen LogP contribution in [0.3, 0.4) is 0 Å². The molecule has 0 amide bonds. The summed E-state index contributed by atoms with van der Waals surface area (Å²) in [5, 5.41) is 4.17. The number of nitrogens with zero attached hydrogens (tertiary/aromatic N) is 4. The van der Waals surface area contributed by atoms with E-state index in [1.807, 2.05) is 25.1 Å². The summed E-state index contributed by atoms with van der Waals surface area (Å²) in [6.45, 7) is 5.71.